The van der Waals surface area contributed by atoms with E-state index in [0.29, 0.717) is 6.42 Å². The minimum absolute atomic E-state index is 0.363. The Labute approximate surface area is 195 Å². The third-order valence-electron chi connectivity index (χ3n) is 4.85. The van der Waals surface area contributed by atoms with Gasteiger partial charge in [0.25, 0.3) is 0 Å². The van der Waals surface area contributed by atoms with Gasteiger partial charge in [-0.15, -0.1) is 0 Å². The summed E-state index contributed by atoms with van der Waals surface area (Å²) in [5.41, 5.74) is 15.5. The summed E-state index contributed by atoms with van der Waals surface area (Å²) in [4.78, 5) is 82.1. The lowest BCUT2D eigenvalue weighted by Gasteiger charge is -2.27. The van der Waals surface area contributed by atoms with Crippen LogP contribution in [0.1, 0.15) is 46.0 Å². The summed E-state index contributed by atoms with van der Waals surface area (Å²) in [6.07, 6.45) is -1.74. The Morgan fingerprint density at radius 2 is 1.32 bits per heavy atom. The molecule has 11 N–H and O–H groups in total. The van der Waals surface area contributed by atoms with Crippen LogP contribution in [0.4, 0.5) is 0 Å². The summed E-state index contributed by atoms with van der Waals surface area (Å²) >= 11 is 0. The summed E-state index contributed by atoms with van der Waals surface area (Å²) in [5, 5.41) is 24.9. The van der Waals surface area contributed by atoms with Crippen LogP contribution in [0.25, 0.3) is 0 Å². The number of rotatable bonds is 16. The molecular formula is C19H32N6O9. The van der Waals surface area contributed by atoms with Gasteiger partial charge in [0.15, 0.2) is 0 Å². The molecule has 192 valence electrons. The second-order valence-corrected chi connectivity index (χ2v) is 7.71. The molecule has 5 amide bonds. The lowest BCUT2D eigenvalue weighted by atomic mass is 9.97. The van der Waals surface area contributed by atoms with Crippen molar-refractivity contribution >= 4 is 41.5 Å². The van der Waals surface area contributed by atoms with Gasteiger partial charge in [0.2, 0.25) is 29.5 Å². The largest absolute Gasteiger partial charge is 0.481 e. The summed E-state index contributed by atoms with van der Waals surface area (Å²) in [7, 11) is 0. The molecule has 0 aromatic heterocycles. The van der Waals surface area contributed by atoms with E-state index in [-0.39, 0.29) is 6.42 Å². The first kappa shape index (κ1) is 30.2. The summed E-state index contributed by atoms with van der Waals surface area (Å²) in [5.74, 6) is -7.96. The number of nitrogens with two attached hydrogens (primary N) is 3. The Morgan fingerprint density at radius 3 is 1.76 bits per heavy atom. The molecule has 0 spiro atoms. The number of carboxylic acid groups (broad SMARTS) is 2. The monoisotopic (exact) mass is 488 g/mol. The zero-order chi connectivity index (χ0) is 26.6. The van der Waals surface area contributed by atoms with Gasteiger partial charge >= 0.3 is 11.9 Å². The lowest BCUT2D eigenvalue weighted by molar-refractivity contribution is -0.144. The zero-order valence-electron chi connectivity index (χ0n) is 18.9. The number of aliphatic carboxylic acids is 2. The Bertz CT molecular complexity index is 803. The Kier molecular flexibility index (Phi) is 12.8. The van der Waals surface area contributed by atoms with Gasteiger partial charge in [-0.2, -0.15) is 0 Å². The molecule has 0 aromatic rings. The molecule has 15 nitrogen and oxygen atoms in total. The van der Waals surface area contributed by atoms with Gasteiger partial charge in [-0.1, -0.05) is 20.3 Å². The number of carboxylic acids is 2. The van der Waals surface area contributed by atoms with Crippen LogP contribution in [-0.2, 0) is 33.6 Å². The average molecular weight is 488 g/mol. The molecule has 0 bridgehead atoms. The van der Waals surface area contributed by atoms with Crippen LogP contribution in [-0.4, -0.2) is 75.9 Å². The Hall–Kier alpha value is -3.75. The lowest BCUT2D eigenvalue weighted by Crippen LogP contribution is -2.59. The normalized spacial score (nSPS) is 15.0. The molecule has 0 saturated heterocycles. The van der Waals surface area contributed by atoms with Gasteiger partial charge in [-0.25, -0.2) is 4.79 Å². The number of nitrogens with one attached hydrogen (secondary N) is 3. The summed E-state index contributed by atoms with van der Waals surface area (Å²) < 4.78 is 0. The first-order valence-electron chi connectivity index (χ1n) is 10.4. The van der Waals surface area contributed by atoms with Gasteiger partial charge in [0.05, 0.1) is 18.9 Å². The van der Waals surface area contributed by atoms with Gasteiger partial charge in [-0.05, 0) is 12.3 Å². The van der Waals surface area contributed by atoms with Crippen LogP contribution in [0.2, 0.25) is 0 Å². The van der Waals surface area contributed by atoms with Crippen molar-refractivity contribution in [2.45, 2.75) is 70.1 Å². The molecule has 0 saturated carbocycles. The summed E-state index contributed by atoms with van der Waals surface area (Å²) in [6.45, 7) is 3.28. The van der Waals surface area contributed by atoms with E-state index in [0.717, 1.165) is 0 Å². The van der Waals surface area contributed by atoms with E-state index < -0.39 is 90.8 Å². The minimum atomic E-state index is -1.64. The fourth-order valence-corrected chi connectivity index (χ4v) is 2.74. The quantitative estimate of drug-likeness (QED) is 0.106. The minimum Gasteiger partial charge on any atom is -0.481 e. The van der Waals surface area contributed by atoms with E-state index in [2.05, 4.69) is 16.0 Å². The van der Waals surface area contributed by atoms with E-state index in [4.69, 9.17) is 22.3 Å². The molecular weight excluding hydrogens is 456 g/mol. The van der Waals surface area contributed by atoms with Crippen molar-refractivity contribution in [3.8, 4) is 0 Å². The van der Waals surface area contributed by atoms with Crippen molar-refractivity contribution in [1.82, 2.24) is 16.0 Å². The highest BCUT2D eigenvalue weighted by atomic mass is 16.4. The molecule has 0 aliphatic carbocycles. The van der Waals surface area contributed by atoms with E-state index in [1.807, 2.05) is 0 Å². The Morgan fingerprint density at radius 1 is 0.794 bits per heavy atom. The SMILES string of the molecule is CCC(C)C(NC(=O)C(CCC(=O)O)NC(=O)C(N)CC(N)=O)C(=O)NC(CC(N)=O)C(=O)O. The molecule has 0 aliphatic heterocycles. The highest BCUT2D eigenvalue weighted by molar-refractivity contribution is 5.95. The maximum absolute atomic E-state index is 12.8. The first-order chi connectivity index (χ1) is 15.7. The van der Waals surface area contributed by atoms with Crippen LogP contribution in [0.15, 0.2) is 0 Å². The van der Waals surface area contributed by atoms with Crippen molar-refractivity contribution in [3.05, 3.63) is 0 Å². The van der Waals surface area contributed by atoms with Crippen molar-refractivity contribution in [3.63, 3.8) is 0 Å². The predicted molar refractivity (Wildman–Crippen MR) is 115 cm³/mol. The highest BCUT2D eigenvalue weighted by Gasteiger charge is 2.33. The highest BCUT2D eigenvalue weighted by Crippen LogP contribution is 2.10. The van der Waals surface area contributed by atoms with Crippen molar-refractivity contribution < 1.29 is 43.8 Å². The molecule has 5 unspecified atom stereocenters. The number of primary amides is 2. The maximum atomic E-state index is 12.8. The molecule has 5 atom stereocenters. The molecule has 0 aliphatic rings. The second kappa shape index (κ2) is 14.4. The number of amides is 5. The second-order valence-electron chi connectivity index (χ2n) is 7.71. The third kappa shape index (κ3) is 11.2. The van der Waals surface area contributed by atoms with Gasteiger partial charge in [0, 0.05) is 6.42 Å². The van der Waals surface area contributed by atoms with Crippen LogP contribution >= 0.6 is 0 Å². The van der Waals surface area contributed by atoms with Crippen molar-refractivity contribution in [2.75, 3.05) is 0 Å². The van der Waals surface area contributed by atoms with E-state index >= 15 is 0 Å². The topological polar surface area (TPSA) is 274 Å². The fourth-order valence-electron chi connectivity index (χ4n) is 2.74. The molecule has 0 rings (SSSR count). The number of carbonyl (C=O) groups is 7. The molecule has 15 heteroatoms. The standard InChI is InChI=1S/C19H32N6O9/c1-3-8(2)15(18(32)24-11(19(33)34)7-13(22)27)25-17(31)10(4-5-14(28)29)23-16(30)9(20)6-12(21)26/h8-11,15H,3-7,20H2,1-2H3,(H2,21,26)(H2,22,27)(H,23,30)(H,24,32)(H,25,31)(H,28,29)(H,33,34). The van der Waals surface area contributed by atoms with Crippen LogP contribution < -0.4 is 33.2 Å². The molecule has 0 fully saturated rings. The number of carbonyl (C=O) groups excluding carboxylic acids is 5. The molecule has 0 aromatic carbocycles. The van der Waals surface area contributed by atoms with E-state index in [9.17, 15) is 38.7 Å². The van der Waals surface area contributed by atoms with Crippen LogP contribution in [0, 0.1) is 5.92 Å². The third-order valence-corrected chi connectivity index (χ3v) is 4.85. The molecule has 0 heterocycles. The zero-order valence-corrected chi connectivity index (χ0v) is 18.9. The van der Waals surface area contributed by atoms with Gasteiger partial charge in [0.1, 0.15) is 18.1 Å². The van der Waals surface area contributed by atoms with E-state index in [1.54, 1.807) is 13.8 Å². The van der Waals surface area contributed by atoms with Crippen molar-refractivity contribution in [2.24, 2.45) is 23.1 Å². The fraction of sp³-hybridized carbons (Fsp3) is 0.632. The van der Waals surface area contributed by atoms with Gasteiger partial charge in [-0.3, -0.25) is 28.8 Å². The molecule has 0 radical (unpaired) electrons. The average Bonchev–Trinajstić information content (AvgIpc) is 2.72. The van der Waals surface area contributed by atoms with E-state index in [1.165, 1.54) is 0 Å². The smallest absolute Gasteiger partial charge is 0.326 e. The number of hydrogen-bond acceptors (Lipinski definition) is 8. The molecule has 34 heavy (non-hydrogen) atoms. The van der Waals surface area contributed by atoms with Crippen LogP contribution in [0.5, 0.6) is 0 Å². The maximum Gasteiger partial charge on any atom is 0.326 e. The van der Waals surface area contributed by atoms with Crippen LogP contribution in [0.3, 0.4) is 0 Å². The first-order valence-corrected chi connectivity index (χ1v) is 10.4. The Balaban J connectivity index is 5.65. The van der Waals surface area contributed by atoms with Gasteiger partial charge < -0.3 is 43.4 Å². The summed E-state index contributed by atoms with van der Waals surface area (Å²) in [6, 6.07) is -5.77. The predicted octanol–water partition coefficient (Wildman–Crippen LogP) is -3.49. The number of hydrogen-bond donors (Lipinski definition) is 8. The van der Waals surface area contributed by atoms with Crippen molar-refractivity contribution in [1.29, 1.82) is 0 Å².